The van der Waals surface area contributed by atoms with E-state index < -0.39 is 0 Å². The van der Waals surface area contributed by atoms with E-state index in [1.54, 1.807) is 25.1 Å². The molecule has 2 aromatic carbocycles. The zero-order chi connectivity index (χ0) is 21.1. The van der Waals surface area contributed by atoms with E-state index in [1.165, 1.54) is 23.1 Å². The van der Waals surface area contributed by atoms with E-state index in [2.05, 4.69) is 15.3 Å². The number of para-hydroxylation sites is 1. The summed E-state index contributed by atoms with van der Waals surface area (Å²) >= 11 is 2.71. The number of benzene rings is 2. The maximum Gasteiger partial charge on any atom is 0.338 e. The molecule has 6 nitrogen and oxygen atoms in total. The van der Waals surface area contributed by atoms with E-state index in [0.717, 1.165) is 31.7 Å². The van der Waals surface area contributed by atoms with Crippen LogP contribution in [0.2, 0.25) is 0 Å². The van der Waals surface area contributed by atoms with Gasteiger partial charge in [0.15, 0.2) is 5.13 Å². The van der Waals surface area contributed by atoms with Crippen LogP contribution < -0.4 is 5.32 Å². The van der Waals surface area contributed by atoms with Gasteiger partial charge in [-0.2, -0.15) is 0 Å². The lowest BCUT2D eigenvalue weighted by molar-refractivity contribution is -0.113. The minimum atomic E-state index is -0.368. The fraction of sp³-hybridized carbons (Fsp3) is 0.182. The number of fused-ring (bicyclic) bond motifs is 2. The second-order valence-corrected chi connectivity index (χ2v) is 8.58. The Balaban J connectivity index is 1.42. The molecule has 152 valence electrons. The first-order valence-corrected chi connectivity index (χ1v) is 11.2. The van der Waals surface area contributed by atoms with Crippen LogP contribution in [0.3, 0.4) is 0 Å². The van der Waals surface area contributed by atoms with Crippen LogP contribution in [-0.2, 0) is 9.53 Å². The Morgan fingerprint density at radius 1 is 1.10 bits per heavy atom. The molecule has 0 saturated heterocycles. The molecular formula is C22H19N3O3S2. The Hall–Kier alpha value is -2.97. The first-order chi connectivity index (χ1) is 14.5. The first-order valence-electron chi connectivity index (χ1n) is 9.40. The summed E-state index contributed by atoms with van der Waals surface area (Å²) in [4.78, 5) is 33.3. The third kappa shape index (κ3) is 4.44. The molecule has 0 fully saturated rings. The highest BCUT2D eigenvalue weighted by molar-refractivity contribution is 7.99. The molecule has 0 aliphatic rings. The molecule has 8 heteroatoms. The predicted molar refractivity (Wildman–Crippen MR) is 121 cm³/mol. The molecule has 2 aromatic heterocycles. The van der Waals surface area contributed by atoms with Crippen molar-refractivity contribution in [1.29, 1.82) is 0 Å². The average Bonchev–Trinajstić information content (AvgIpc) is 3.14. The highest BCUT2D eigenvalue weighted by Crippen LogP contribution is 2.28. The molecule has 0 saturated carbocycles. The summed E-state index contributed by atoms with van der Waals surface area (Å²) in [7, 11) is 0. The lowest BCUT2D eigenvalue weighted by atomic mass is 10.1. The standard InChI is InChI=1S/C22H19N3O3S2/c1-3-28-21(27)14-8-9-17-18(11-14)30-22(24-17)25-19(26)12-29-20-10-13(2)15-6-4-5-7-16(15)23-20/h4-11H,3,12H2,1-2H3,(H,24,25,26). The molecule has 4 rings (SSSR count). The van der Waals surface area contributed by atoms with Crippen molar-refractivity contribution in [3.63, 3.8) is 0 Å². The van der Waals surface area contributed by atoms with E-state index in [9.17, 15) is 9.59 Å². The van der Waals surface area contributed by atoms with Crippen molar-refractivity contribution < 1.29 is 14.3 Å². The number of pyridine rings is 1. The number of aryl methyl sites for hydroxylation is 1. The van der Waals surface area contributed by atoms with Crippen LogP contribution in [0.15, 0.2) is 53.6 Å². The number of nitrogens with one attached hydrogen (secondary N) is 1. The summed E-state index contributed by atoms with van der Waals surface area (Å²) in [5.41, 5.74) is 3.25. The number of aromatic nitrogens is 2. The Kier molecular flexibility index (Phi) is 5.96. The lowest BCUT2D eigenvalue weighted by Gasteiger charge is -2.06. The summed E-state index contributed by atoms with van der Waals surface area (Å²) in [6, 6.07) is 15.1. The number of rotatable bonds is 6. The van der Waals surface area contributed by atoms with Crippen LogP contribution in [0.4, 0.5) is 5.13 Å². The number of anilines is 1. The van der Waals surface area contributed by atoms with Crippen molar-refractivity contribution in [3.8, 4) is 0 Å². The SMILES string of the molecule is CCOC(=O)c1ccc2nc(NC(=O)CSc3cc(C)c4ccccc4n3)sc2c1. The Morgan fingerprint density at radius 2 is 1.93 bits per heavy atom. The number of hydrogen-bond acceptors (Lipinski definition) is 7. The zero-order valence-electron chi connectivity index (χ0n) is 16.5. The molecule has 2 heterocycles. The van der Waals surface area contributed by atoms with Gasteiger partial charge >= 0.3 is 5.97 Å². The number of esters is 1. The van der Waals surface area contributed by atoms with Crippen molar-refractivity contribution in [3.05, 3.63) is 59.7 Å². The van der Waals surface area contributed by atoms with Gasteiger partial charge in [-0.15, -0.1) is 0 Å². The Morgan fingerprint density at radius 3 is 2.77 bits per heavy atom. The third-order valence-electron chi connectivity index (χ3n) is 4.40. The number of carbonyl (C=O) groups excluding carboxylic acids is 2. The van der Waals surface area contributed by atoms with Gasteiger partial charge in [0, 0.05) is 5.39 Å². The molecule has 0 bridgehead atoms. The molecule has 1 N–H and O–H groups in total. The highest BCUT2D eigenvalue weighted by atomic mass is 32.2. The largest absolute Gasteiger partial charge is 0.462 e. The first kappa shape index (κ1) is 20.3. The van der Waals surface area contributed by atoms with E-state index in [-0.39, 0.29) is 17.6 Å². The molecule has 1 amide bonds. The second kappa shape index (κ2) is 8.81. The van der Waals surface area contributed by atoms with Crippen LogP contribution in [0, 0.1) is 6.92 Å². The highest BCUT2D eigenvalue weighted by Gasteiger charge is 2.13. The summed E-state index contributed by atoms with van der Waals surface area (Å²) in [6.45, 7) is 4.13. The molecule has 0 unspecified atom stereocenters. The van der Waals surface area contributed by atoms with E-state index in [1.807, 2.05) is 37.3 Å². The smallest absolute Gasteiger partial charge is 0.338 e. The molecule has 0 radical (unpaired) electrons. The van der Waals surface area contributed by atoms with Gasteiger partial charge in [0.25, 0.3) is 0 Å². The van der Waals surface area contributed by atoms with Crippen molar-refractivity contribution in [2.75, 3.05) is 17.7 Å². The number of ether oxygens (including phenoxy) is 1. The van der Waals surface area contributed by atoms with Gasteiger partial charge in [0.05, 0.1) is 38.7 Å². The van der Waals surface area contributed by atoms with Gasteiger partial charge in [-0.3, -0.25) is 4.79 Å². The normalized spacial score (nSPS) is 11.0. The van der Waals surface area contributed by atoms with E-state index in [4.69, 9.17) is 4.74 Å². The number of amides is 1. The molecule has 0 atom stereocenters. The quantitative estimate of drug-likeness (QED) is 0.335. The maximum absolute atomic E-state index is 12.4. The minimum absolute atomic E-state index is 0.155. The van der Waals surface area contributed by atoms with Crippen molar-refractivity contribution >= 4 is 61.2 Å². The third-order valence-corrected chi connectivity index (χ3v) is 6.24. The van der Waals surface area contributed by atoms with Crippen LogP contribution in [0.25, 0.3) is 21.1 Å². The van der Waals surface area contributed by atoms with Crippen molar-refractivity contribution in [1.82, 2.24) is 9.97 Å². The van der Waals surface area contributed by atoms with Crippen molar-refractivity contribution in [2.24, 2.45) is 0 Å². The van der Waals surface area contributed by atoms with Crippen LogP contribution in [-0.4, -0.2) is 34.2 Å². The number of hydrogen-bond donors (Lipinski definition) is 1. The topological polar surface area (TPSA) is 81.2 Å². The number of thiazole rings is 1. The van der Waals surface area contributed by atoms with Crippen LogP contribution in [0.5, 0.6) is 0 Å². The van der Waals surface area contributed by atoms with Gasteiger partial charge in [0.1, 0.15) is 0 Å². The van der Waals surface area contributed by atoms with Gasteiger partial charge < -0.3 is 10.1 Å². The predicted octanol–water partition coefficient (Wildman–Crippen LogP) is 5.06. The summed E-state index contributed by atoms with van der Waals surface area (Å²) in [5, 5.41) is 5.25. The fourth-order valence-electron chi connectivity index (χ4n) is 3.01. The van der Waals surface area contributed by atoms with E-state index >= 15 is 0 Å². The van der Waals surface area contributed by atoms with Gasteiger partial charge in [0.2, 0.25) is 5.91 Å². The molecule has 0 aliphatic carbocycles. The lowest BCUT2D eigenvalue weighted by Crippen LogP contribution is -2.13. The van der Waals surface area contributed by atoms with Gasteiger partial charge in [-0.1, -0.05) is 41.3 Å². The second-order valence-electron chi connectivity index (χ2n) is 6.55. The average molecular weight is 438 g/mol. The van der Waals surface area contributed by atoms with Crippen molar-refractivity contribution in [2.45, 2.75) is 18.9 Å². The molecule has 4 aromatic rings. The number of thioether (sulfide) groups is 1. The van der Waals surface area contributed by atoms with E-state index in [0.29, 0.717) is 17.3 Å². The zero-order valence-corrected chi connectivity index (χ0v) is 18.1. The van der Waals surface area contributed by atoms with Gasteiger partial charge in [-0.05, 0) is 49.7 Å². The Labute approximate surface area is 181 Å². The summed E-state index contributed by atoms with van der Waals surface area (Å²) in [6.07, 6.45) is 0. The Bertz CT molecular complexity index is 1250. The minimum Gasteiger partial charge on any atom is -0.462 e. The van der Waals surface area contributed by atoms with Crippen LogP contribution >= 0.6 is 23.1 Å². The molecule has 0 aliphatic heterocycles. The number of carbonyl (C=O) groups is 2. The monoisotopic (exact) mass is 437 g/mol. The summed E-state index contributed by atoms with van der Waals surface area (Å²) in [5.74, 6) is -0.292. The summed E-state index contributed by atoms with van der Waals surface area (Å²) < 4.78 is 5.84. The van der Waals surface area contributed by atoms with Crippen LogP contribution in [0.1, 0.15) is 22.8 Å². The molecule has 0 spiro atoms. The molecular weight excluding hydrogens is 418 g/mol. The number of nitrogens with zero attached hydrogens (tertiary/aromatic N) is 2. The van der Waals surface area contributed by atoms with Gasteiger partial charge in [-0.25, -0.2) is 14.8 Å². The maximum atomic E-state index is 12.4. The molecule has 30 heavy (non-hydrogen) atoms. The fourth-order valence-corrected chi connectivity index (χ4v) is 4.70.